The van der Waals surface area contributed by atoms with Crippen LogP contribution in [0.1, 0.15) is 0 Å². The van der Waals surface area contributed by atoms with Gasteiger partial charge in [0.25, 0.3) is 0 Å². The fourth-order valence-corrected chi connectivity index (χ4v) is 2.45. The maximum atomic E-state index is 11.5. The Morgan fingerprint density at radius 1 is 1.44 bits per heavy atom. The molecule has 1 aromatic carbocycles. The molecule has 1 aromatic rings. The number of benzene rings is 1. The molecule has 2 rings (SSSR count). The maximum Gasteiger partial charge on any atom is 0.329 e. The van der Waals surface area contributed by atoms with E-state index in [1.54, 1.807) is 0 Å². The normalized spacial score (nSPS) is 16.1. The van der Waals surface area contributed by atoms with E-state index in [1.165, 1.54) is 18.2 Å². The molecule has 7 nitrogen and oxygen atoms in total. The van der Waals surface area contributed by atoms with Crippen molar-refractivity contribution in [1.82, 2.24) is 5.32 Å². The Bertz CT molecular complexity index is 580. The minimum absolute atomic E-state index is 0.00516. The first kappa shape index (κ1) is 12.8. The van der Waals surface area contributed by atoms with Crippen LogP contribution in [0.2, 0.25) is 0 Å². The summed E-state index contributed by atoms with van der Waals surface area (Å²) in [5.41, 5.74) is -0.494. The van der Waals surface area contributed by atoms with Gasteiger partial charge >= 0.3 is 5.69 Å². The molecule has 0 unspecified atom stereocenters. The van der Waals surface area contributed by atoms with E-state index >= 15 is 0 Å². The summed E-state index contributed by atoms with van der Waals surface area (Å²) < 4.78 is 28.4. The van der Waals surface area contributed by atoms with Crippen LogP contribution in [0, 0.1) is 10.1 Å². The number of ether oxygens (including phenoxy) is 1. The zero-order valence-corrected chi connectivity index (χ0v) is 10.4. The van der Waals surface area contributed by atoms with Gasteiger partial charge in [0.1, 0.15) is 11.0 Å². The molecule has 1 N–H and O–H groups in total. The quantitative estimate of drug-likeness (QED) is 0.627. The molecule has 1 aliphatic heterocycles. The molecular weight excluding hydrogens is 260 g/mol. The average molecular weight is 272 g/mol. The summed E-state index contributed by atoms with van der Waals surface area (Å²) in [6.45, 7) is 1.19. The summed E-state index contributed by atoms with van der Waals surface area (Å²) in [4.78, 5) is 9.98. The molecular formula is C10H12N2O5S. The van der Waals surface area contributed by atoms with Crippen LogP contribution in [-0.2, 0) is 9.84 Å². The van der Waals surface area contributed by atoms with Gasteiger partial charge in [-0.2, -0.15) is 0 Å². The van der Waals surface area contributed by atoms with Crippen LogP contribution in [0.4, 0.5) is 5.69 Å². The summed E-state index contributed by atoms with van der Waals surface area (Å²) in [7, 11) is -3.66. The Hall–Kier alpha value is -1.67. The first-order valence-corrected chi connectivity index (χ1v) is 7.13. The van der Waals surface area contributed by atoms with Gasteiger partial charge in [0.2, 0.25) is 0 Å². The lowest BCUT2D eigenvalue weighted by Crippen LogP contribution is -2.50. The lowest BCUT2D eigenvalue weighted by atomic mass is 10.2. The van der Waals surface area contributed by atoms with Gasteiger partial charge in [-0.05, 0) is 12.1 Å². The third-order valence-electron chi connectivity index (χ3n) is 2.58. The minimum Gasteiger partial charge on any atom is -0.481 e. The number of nitrogens with one attached hydrogen (secondary N) is 1. The fraction of sp³-hybridized carbons (Fsp3) is 0.400. The van der Waals surface area contributed by atoms with E-state index in [0.29, 0.717) is 13.1 Å². The van der Waals surface area contributed by atoms with Gasteiger partial charge in [-0.3, -0.25) is 10.1 Å². The van der Waals surface area contributed by atoms with E-state index in [-0.39, 0.29) is 16.7 Å². The van der Waals surface area contributed by atoms with Crippen molar-refractivity contribution in [3.05, 3.63) is 28.3 Å². The monoisotopic (exact) mass is 272 g/mol. The summed E-state index contributed by atoms with van der Waals surface area (Å²) in [6.07, 6.45) is 0.780. The van der Waals surface area contributed by atoms with E-state index < -0.39 is 20.4 Å². The molecule has 0 atom stereocenters. The summed E-state index contributed by atoms with van der Waals surface area (Å²) >= 11 is 0. The maximum absolute atomic E-state index is 11.5. The van der Waals surface area contributed by atoms with Crippen molar-refractivity contribution < 1.29 is 18.1 Å². The zero-order valence-electron chi connectivity index (χ0n) is 9.62. The number of nitro groups is 1. The highest BCUT2D eigenvalue weighted by molar-refractivity contribution is 7.90. The molecule has 0 saturated carbocycles. The summed E-state index contributed by atoms with van der Waals surface area (Å²) in [6, 6.07) is 4.05. The minimum atomic E-state index is -3.66. The Morgan fingerprint density at radius 2 is 2.11 bits per heavy atom. The Morgan fingerprint density at radius 3 is 2.56 bits per heavy atom. The van der Waals surface area contributed by atoms with E-state index in [2.05, 4.69) is 5.32 Å². The molecule has 0 amide bonds. The lowest BCUT2D eigenvalue weighted by Gasteiger charge is -2.27. The molecule has 1 aliphatic rings. The lowest BCUT2D eigenvalue weighted by molar-refractivity contribution is -0.389. The molecule has 0 aliphatic carbocycles. The van der Waals surface area contributed by atoms with Crippen LogP contribution in [0.15, 0.2) is 23.1 Å². The molecule has 18 heavy (non-hydrogen) atoms. The van der Waals surface area contributed by atoms with Crippen LogP contribution in [0.3, 0.4) is 0 Å². The Balaban J connectivity index is 2.48. The number of sulfone groups is 1. The van der Waals surface area contributed by atoms with Gasteiger partial charge in [0, 0.05) is 19.3 Å². The topological polar surface area (TPSA) is 98.5 Å². The van der Waals surface area contributed by atoms with Gasteiger partial charge < -0.3 is 10.1 Å². The van der Waals surface area contributed by atoms with Gasteiger partial charge in [-0.15, -0.1) is 0 Å². The van der Waals surface area contributed by atoms with Crippen molar-refractivity contribution in [2.24, 2.45) is 0 Å². The van der Waals surface area contributed by atoms with E-state index in [9.17, 15) is 18.5 Å². The number of para-hydroxylation sites is 1. The fourth-order valence-electron chi connectivity index (χ4n) is 1.60. The SMILES string of the molecule is CS(=O)(=O)c1cccc(OC2CNC2)c1[N+](=O)[O-]. The van der Waals surface area contributed by atoms with Gasteiger partial charge in [0.05, 0.1) is 4.92 Å². The van der Waals surface area contributed by atoms with E-state index in [1.807, 2.05) is 0 Å². The second-order valence-corrected chi connectivity index (χ2v) is 6.01. The van der Waals surface area contributed by atoms with Crippen LogP contribution in [0.25, 0.3) is 0 Å². The highest BCUT2D eigenvalue weighted by Crippen LogP contribution is 2.34. The second kappa shape index (κ2) is 4.54. The predicted molar refractivity (Wildman–Crippen MR) is 63.5 cm³/mol. The largest absolute Gasteiger partial charge is 0.481 e. The van der Waals surface area contributed by atoms with Crippen LogP contribution in [0.5, 0.6) is 5.75 Å². The molecule has 0 aromatic heterocycles. The number of hydrogen-bond acceptors (Lipinski definition) is 6. The van der Waals surface area contributed by atoms with Crippen LogP contribution < -0.4 is 10.1 Å². The molecule has 1 saturated heterocycles. The van der Waals surface area contributed by atoms with Crippen molar-refractivity contribution in [3.63, 3.8) is 0 Å². The van der Waals surface area contributed by atoms with E-state index in [0.717, 1.165) is 6.26 Å². The number of hydrogen-bond donors (Lipinski definition) is 1. The van der Waals surface area contributed by atoms with Gasteiger partial charge in [-0.1, -0.05) is 6.07 Å². The van der Waals surface area contributed by atoms with Crippen molar-refractivity contribution in [1.29, 1.82) is 0 Å². The molecule has 0 spiro atoms. The van der Waals surface area contributed by atoms with Crippen molar-refractivity contribution in [3.8, 4) is 5.75 Å². The van der Waals surface area contributed by atoms with E-state index in [4.69, 9.17) is 4.74 Å². The van der Waals surface area contributed by atoms with Crippen molar-refractivity contribution in [2.75, 3.05) is 19.3 Å². The first-order valence-electron chi connectivity index (χ1n) is 5.24. The smallest absolute Gasteiger partial charge is 0.329 e. The molecule has 0 radical (unpaired) electrons. The van der Waals surface area contributed by atoms with Gasteiger partial charge in [0.15, 0.2) is 15.6 Å². The molecule has 1 heterocycles. The third-order valence-corrected chi connectivity index (χ3v) is 3.71. The van der Waals surface area contributed by atoms with Gasteiger partial charge in [-0.25, -0.2) is 8.42 Å². The average Bonchev–Trinajstić information content (AvgIpc) is 2.21. The molecule has 98 valence electrons. The zero-order chi connectivity index (χ0) is 13.3. The predicted octanol–water partition coefficient (Wildman–Crippen LogP) is 0.349. The van der Waals surface area contributed by atoms with Crippen molar-refractivity contribution >= 4 is 15.5 Å². The molecule has 8 heteroatoms. The van der Waals surface area contributed by atoms with Crippen LogP contribution in [-0.4, -0.2) is 38.8 Å². The standard InChI is InChI=1S/C10H12N2O5S/c1-18(15,16)9-4-2-3-8(10(9)12(13)14)17-7-5-11-6-7/h2-4,7,11H,5-6H2,1H3. The number of nitrogens with zero attached hydrogens (tertiary/aromatic N) is 1. The first-order chi connectivity index (χ1) is 8.39. The Labute approximate surface area is 104 Å². The molecule has 0 bridgehead atoms. The summed E-state index contributed by atoms with van der Waals surface area (Å²) in [5.74, 6) is -0.00516. The number of rotatable bonds is 4. The molecule has 1 fully saturated rings. The summed E-state index contributed by atoms with van der Waals surface area (Å²) in [5, 5.41) is 14.0. The number of nitro benzene ring substituents is 1. The van der Waals surface area contributed by atoms with Crippen LogP contribution >= 0.6 is 0 Å². The third kappa shape index (κ3) is 2.44. The highest BCUT2D eigenvalue weighted by atomic mass is 32.2. The highest BCUT2D eigenvalue weighted by Gasteiger charge is 2.29. The second-order valence-electron chi connectivity index (χ2n) is 4.03. The van der Waals surface area contributed by atoms with Crippen molar-refractivity contribution in [2.45, 2.75) is 11.0 Å². The Kier molecular flexibility index (Phi) is 3.22.